The molecule has 1 saturated carbocycles. The molecule has 3 aromatic heterocycles. The van der Waals surface area contributed by atoms with Gasteiger partial charge in [-0.15, -0.1) is 0 Å². The summed E-state index contributed by atoms with van der Waals surface area (Å²) < 4.78 is 44.0. The second-order valence-corrected chi connectivity index (χ2v) is 13.3. The minimum absolute atomic E-state index is 0.102. The van der Waals surface area contributed by atoms with Crippen LogP contribution < -0.4 is 0 Å². The minimum Gasteiger partial charge on any atom is -0.291 e. The first-order chi connectivity index (χ1) is 19.1. The van der Waals surface area contributed by atoms with E-state index in [2.05, 4.69) is 15.2 Å². The van der Waals surface area contributed by atoms with Gasteiger partial charge in [0.15, 0.2) is 15.6 Å². The highest BCUT2D eigenvalue weighted by molar-refractivity contribution is 7.92. The molecule has 4 aromatic rings. The van der Waals surface area contributed by atoms with E-state index in [1.54, 1.807) is 49.2 Å². The Morgan fingerprint density at radius 3 is 2.55 bits per heavy atom. The summed E-state index contributed by atoms with van der Waals surface area (Å²) >= 11 is 0. The SMILES string of the molecule is Cc1ccc(C(=O)[C@]23Cc4cnn(-c5ccc(F)cc5)c4C=C2CC[C@H]([C@H](C)S(=O)(=O)c2cnn(C)c2)C3)nc1. The van der Waals surface area contributed by atoms with Gasteiger partial charge in [0.1, 0.15) is 16.4 Å². The van der Waals surface area contributed by atoms with Crippen molar-refractivity contribution in [2.45, 2.75) is 49.7 Å². The van der Waals surface area contributed by atoms with E-state index in [-0.39, 0.29) is 22.4 Å². The topological polar surface area (TPSA) is 99.7 Å². The smallest absolute Gasteiger partial charge is 0.191 e. The fourth-order valence-corrected chi connectivity index (χ4v) is 7.86. The number of sulfone groups is 1. The van der Waals surface area contributed by atoms with Crippen molar-refractivity contribution >= 4 is 21.7 Å². The molecule has 1 aromatic carbocycles. The molecular weight excluding hydrogens is 529 g/mol. The van der Waals surface area contributed by atoms with Gasteiger partial charge in [0.25, 0.3) is 0 Å². The average molecular weight is 560 g/mol. The maximum atomic E-state index is 14.3. The molecule has 0 unspecified atom stereocenters. The van der Waals surface area contributed by atoms with Crippen LogP contribution in [0.15, 0.2) is 71.7 Å². The van der Waals surface area contributed by atoms with Gasteiger partial charge >= 0.3 is 0 Å². The predicted molar refractivity (Wildman–Crippen MR) is 148 cm³/mol. The molecule has 2 aliphatic rings. The Kier molecular flexibility index (Phi) is 6.33. The molecule has 2 aliphatic carbocycles. The molecule has 0 radical (unpaired) electrons. The molecule has 0 saturated heterocycles. The van der Waals surface area contributed by atoms with Crippen LogP contribution in [0, 0.1) is 24.1 Å². The lowest BCUT2D eigenvalue weighted by molar-refractivity contribution is 0.0753. The van der Waals surface area contributed by atoms with E-state index in [9.17, 15) is 17.6 Å². The molecule has 3 heterocycles. The molecule has 0 aliphatic heterocycles. The van der Waals surface area contributed by atoms with Gasteiger partial charge in [0.05, 0.1) is 34.4 Å². The number of rotatable bonds is 6. The fourth-order valence-electron chi connectivity index (χ4n) is 6.20. The van der Waals surface area contributed by atoms with Gasteiger partial charge in [-0.25, -0.2) is 17.5 Å². The largest absolute Gasteiger partial charge is 0.291 e. The molecule has 0 amide bonds. The zero-order valence-corrected chi connectivity index (χ0v) is 23.4. The van der Waals surface area contributed by atoms with E-state index in [4.69, 9.17) is 0 Å². The number of benzene rings is 1. The molecule has 0 spiro atoms. The second-order valence-electron chi connectivity index (χ2n) is 11.0. The lowest BCUT2D eigenvalue weighted by atomic mass is 9.58. The lowest BCUT2D eigenvalue weighted by Gasteiger charge is -2.45. The number of aromatic nitrogens is 5. The van der Waals surface area contributed by atoms with Crippen molar-refractivity contribution in [2.75, 3.05) is 0 Å². The quantitative estimate of drug-likeness (QED) is 0.311. The third-order valence-electron chi connectivity index (χ3n) is 8.51. The molecule has 10 heteroatoms. The maximum absolute atomic E-state index is 14.3. The van der Waals surface area contributed by atoms with E-state index in [1.165, 1.54) is 29.2 Å². The van der Waals surface area contributed by atoms with Crippen LogP contribution in [0.2, 0.25) is 0 Å². The van der Waals surface area contributed by atoms with E-state index < -0.39 is 20.5 Å². The van der Waals surface area contributed by atoms with E-state index in [0.29, 0.717) is 31.4 Å². The van der Waals surface area contributed by atoms with Crippen molar-refractivity contribution in [2.24, 2.45) is 18.4 Å². The molecule has 0 N–H and O–H groups in total. The summed E-state index contributed by atoms with van der Waals surface area (Å²) in [5.41, 5.74) is 3.81. The van der Waals surface area contributed by atoms with Crippen LogP contribution in [0.5, 0.6) is 0 Å². The lowest BCUT2D eigenvalue weighted by Crippen LogP contribution is -2.45. The van der Waals surface area contributed by atoms with Crippen molar-refractivity contribution in [3.63, 3.8) is 0 Å². The molecular formula is C30H30FN5O3S. The van der Waals surface area contributed by atoms with Crippen LogP contribution in [0.4, 0.5) is 4.39 Å². The van der Waals surface area contributed by atoms with Crippen molar-refractivity contribution < 1.29 is 17.6 Å². The van der Waals surface area contributed by atoms with Gasteiger partial charge < -0.3 is 0 Å². The first-order valence-electron chi connectivity index (χ1n) is 13.3. The predicted octanol–water partition coefficient (Wildman–Crippen LogP) is 4.92. The summed E-state index contributed by atoms with van der Waals surface area (Å²) in [7, 11) is -1.96. The monoisotopic (exact) mass is 559 g/mol. The van der Waals surface area contributed by atoms with Gasteiger partial charge in [-0.3, -0.25) is 14.5 Å². The maximum Gasteiger partial charge on any atom is 0.191 e. The summed E-state index contributed by atoms with van der Waals surface area (Å²) in [5, 5.41) is 7.94. The minimum atomic E-state index is -3.65. The number of hydrogen-bond acceptors (Lipinski definition) is 6. The summed E-state index contributed by atoms with van der Waals surface area (Å²) in [6.45, 7) is 3.66. The molecule has 1 fully saturated rings. The van der Waals surface area contributed by atoms with E-state index in [0.717, 1.165) is 28.1 Å². The number of allylic oxidation sites excluding steroid dienone is 1. The van der Waals surface area contributed by atoms with Crippen LogP contribution in [-0.4, -0.2) is 44.0 Å². The summed E-state index contributed by atoms with van der Waals surface area (Å²) in [6.07, 6.45) is 10.3. The fraction of sp³-hybridized carbons (Fsp3) is 0.333. The number of pyridine rings is 1. The molecule has 6 rings (SSSR count). The first kappa shape index (κ1) is 26.3. The van der Waals surface area contributed by atoms with Gasteiger partial charge in [0, 0.05) is 19.4 Å². The zero-order chi connectivity index (χ0) is 28.2. The van der Waals surface area contributed by atoms with Crippen LogP contribution in [-0.2, 0) is 23.3 Å². The van der Waals surface area contributed by atoms with E-state index in [1.807, 2.05) is 19.1 Å². The number of fused-ring (bicyclic) bond motifs is 2. The third-order valence-corrected chi connectivity index (χ3v) is 10.7. The third kappa shape index (κ3) is 4.30. The molecule has 40 heavy (non-hydrogen) atoms. The van der Waals surface area contributed by atoms with Crippen LogP contribution in [0.3, 0.4) is 0 Å². The molecule has 0 bridgehead atoms. The van der Waals surface area contributed by atoms with E-state index >= 15 is 0 Å². The number of aryl methyl sites for hydroxylation is 2. The Bertz CT molecular complexity index is 1740. The number of Topliss-reactive ketones (excluding diaryl/α,β-unsaturated/α-hetero) is 1. The van der Waals surface area contributed by atoms with Crippen molar-refractivity contribution in [1.82, 2.24) is 24.5 Å². The normalized spacial score (nSPS) is 21.3. The highest BCUT2D eigenvalue weighted by Gasteiger charge is 2.51. The number of halogens is 1. The Morgan fingerprint density at radius 1 is 1.10 bits per heavy atom. The number of ketones is 1. The molecule has 3 atom stereocenters. The highest BCUT2D eigenvalue weighted by atomic mass is 32.2. The number of hydrogen-bond donors (Lipinski definition) is 0. The number of nitrogens with zero attached hydrogens (tertiary/aromatic N) is 5. The zero-order valence-electron chi connectivity index (χ0n) is 22.6. The van der Waals surface area contributed by atoms with Crippen LogP contribution in [0.1, 0.15) is 53.5 Å². The van der Waals surface area contributed by atoms with Crippen molar-refractivity contribution in [3.8, 4) is 5.69 Å². The van der Waals surface area contributed by atoms with Crippen LogP contribution >= 0.6 is 0 Å². The summed E-state index contributed by atoms with van der Waals surface area (Å²) in [4.78, 5) is 19.0. The van der Waals surface area contributed by atoms with Crippen molar-refractivity contribution in [3.05, 3.63) is 95.1 Å². The second kappa shape index (κ2) is 9.62. The Morgan fingerprint density at radius 2 is 1.88 bits per heavy atom. The average Bonchev–Trinajstić information content (AvgIpc) is 3.57. The molecule has 8 nitrogen and oxygen atoms in total. The first-order valence-corrected chi connectivity index (χ1v) is 14.9. The number of carbonyl (C=O) groups is 1. The van der Waals surface area contributed by atoms with Gasteiger partial charge in [-0.1, -0.05) is 11.6 Å². The van der Waals surface area contributed by atoms with Gasteiger partial charge in [-0.05, 0) is 93.0 Å². The van der Waals surface area contributed by atoms with Gasteiger partial charge in [-0.2, -0.15) is 10.2 Å². The summed E-state index contributed by atoms with van der Waals surface area (Å²) in [6, 6.07) is 9.76. The van der Waals surface area contributed by atoms with Crippen LogP contribution in [0.25, 0.3) is 11.8 Å². The Balaban J connectivity index is 1.42. The highest BCUT2D eigenvalue weighted by Crippen LogP contribution is 2.53. The Hall–Kier alpha value is -3.92. The summed E-state index contributed by atoms with van der Waals surface area (Å²) in [5.74, 6) is -0.674. The Labute approximate surface area is 232 Å². The van der Waals surface area contributed by atoms with Gasteiger partial charge in [0.2, 0.25) is 0 Å². The van der Waals surface area contributed by atoms with Crippen molar-refractivity contribution in [1.29, 1.82) is 0 Å². The number of carbonyl (C=O) groups excluding carboxylic acids is 1. The molecule has 206 valence electrons. The standard InChI is InChI=1S/C30H30FN5O3S/c1-19-4-11-27(32-15-19)29(37)30-13-21(20(2)40(38,39)26-17-33-35(3)18-26)5-6-23(30)12-28-22(14-30)16-34-36(28)25-9-7-24(31)8-10-25/h4,7-12,15-18,20-21H,5-6,13-14H2,1-3H3/t20-,21-,30+/m0/s1.